The first kappa shape index (κ1) is 14.2. The molecule has 4 nitrogen and oxygen atoms in total. The van der Waals surface area contributed by atoms with Crippen LogP contribution in [0.4, 0.5) is 11.4 Å². The van der Waals surface area contributed by atoms with Gasteiger partial charge >= 0.3 is 0 Å². The van der Waals surface area contributed by atoms with E-state index in [1.165, 1.54) is 0 Å². The molecule has 1 aromatic heterocycles. The van der Waals surface area contributed by atoms with Crippen LogP contribution in [-0.2, 0) is 6.54 Å². The number of nitrogen functional groups attached to an aromatic ring is 1. The number of benzene rings is 1. The molecule has 0 unspecified atom stereocenters. The molecule has 2 rings (SSSR count). The van der Waals surface area contributed by atoms with Crippen molar-refractivity contribution in [3.63, 3.8) is 0 Å². The summed E-state index contributed by atoms with van der Waals surface area (Å²) in [4.78, 5) is 6.63. The van der Waals surface area contributed by atoms with Gasteiger partial charge in [-0.15, -0.1) is 0 Å². The van der Waals surface area contributed by atoms with Crippen LogP contribution in [0.1, 0.15) is 18.3 Å². The molecule has 20 heavy (non-hydrogen) atoms. The number of nitrogens with two attached hydrogens (primary N) is 1. The number of hydrogen-bond donors (Lipinski definition) is 1. The van der Waals surface area contributed by atoms with E-state index in [2.05, 4.69) is 9.88 Å². The van der Waals surface area contributed by atoms with E-state index in [9.17, 15) is 0 Å². The van der Waals surface area contributed by atoms with E-state index in [0.717, 1.165) is 29.4 Å². The van der Waals surface area contributed by atoms with Crippen molar-refractivity contribution in [1.82, 2.24) is 4.98 Å². The van der Waals surface area contributed by atoms with Gasteiger partial charge in [0.05, 0.1) is 18.8 Å². The van der Waals surface area contributed by atoms with Crippen molar-refractivity contribution in [2.24, 2.45) is 0 Å². The first-order valence-corrected chi connectivity index (χ1v) is 6.75. The van der Waals surface area contributed by atoms with E-state index in [0.29, 0.717) is 12.3 Å². The molecule has 0 amide bonds. The lowest BCUT2D eigenvalue weighted by atomic mass is 10.2. The monoisotopic (exact) mass is 271 g/mol. The molecule has 0 radical (unpaired) electrons. The Hall–Kier alpha value is -2.23. The zero-order valence-corrected chi connectivity index (χ0v) is 12.3. The first-order valence-electron chi connectivity index (χ1n) is 6.75. The average Bonchev–Trinajstić information content (AvgIpc) is 2.38. The SMILES string of the molecule is CCOc1cc(N)cc(N(C)Cc2cccc(C)n2)c1. The van der Waals surface area contributed by atoms with Gasteiger partial charge in [0.25, 0.3) is 0 Å². The number of rotatable bonds is 5. The van der Waals surface area contributed by atoms with Gasteiger partial charge in [-0.2, -0.15) is 0 Å². The Labute approximate surface area is 120 Å². The molecule has 0 bridgehead atoms. The highest BCUT2D eigenvalue weighted by Gasteiger charge is 2.06. The van der Waals surface area contributed by atoms with Gasteiger partial charge in [0, 0.05) is 36.2 Å². The second kappa shape index (κ2) is 6.28. The fraction of sp³-hybridized carbons (Fsp3) is 0.312. The van der Waals surface area contributed by atoms with Crippen LogP contribution < -0.4 is 15.4 Å². The summed E-state index contributed by atoms with van der Waals surface area (Å²) >= 11 is 0. The van der Waals surface area contributed by atoms with Crippen molar-refractivity contribution < 1.29 is 4.74 Å². The number of ether oxygens (including phenoxy) is 1. The van der Waals surface area contributed by atoms with Crippen molar-refractivity contribution in [3.8, 4) is 5.75 Å². The van der Waals surface area contributed by atoms with Gasteiger partial charge < -0.3 is 15.4 Å². The third-order valence-electron chi connectivity index (χ3n) is 3.01. The average molecular weight is 271 g/mol. The molecule has 0 spiro atoms. The normalized spacial score (nSPS) is 10.3. The lowest BCUT2D eigenvalue weighted by Crippen LogP contribution is -2.17. The van der Waals surface area contributed by atoms with Crippen molar-refractivity contribution >= 4 is 11.4 Å². The molecule has 1 aromatic carbocycles. The van der Waals surface area contributed by atoms with Gasteiger partial charge in [0.1, 0.15) is 5.75 Å². The minimum Gasteiger partial charge on any atom is -0.494 e. The summed E-state index contributed by atoms with van der Waals surface area (Å²) in [7, 11) is 2.02. The third-order valence-corrected chi connectivity index (χ3v) is 3.01. The molecule has 0 saturated heterocycles. The number of anilines is 2. The highest BCUT2D eigenvalue weighted by molar-refractivity contribution is 5.60. The largest absolute Gasteiger partial charge is 0.494 e. The summed E-state index contributed by atoms with van der Waals surface area (Å²) < 4.78 is 5.52. The number of pyridine rings is 1. The van der Waals surface area contributed by atoms with Crippen LogP contribution in [-0.4, -0.2) is 18.6 Å². The Balaban J connectivity index is 2.18. The molecular formula is C16H21N3O. The molecule has 0 aliphatic heterocycles. The van der Waals surface area contributed by atoms with Gasteiger partial charge in [-0.3, -0.25) is 4.98 Å². The summed E-state index contributed by atoms with van der Waals surface area (Å²) in [5.74, 6) is 0.798. The molecule has 0 fully saturated rings. The highest BCUT2D eigenvalue weighted by atomic mass is 16.5. The van der Waals surface area contributed by atoms with Crippen molar-refractivity contribution in [2.45, 2.75) is 20.4 Å². The van der Waals surface area contributed by atoms with Crippen LogP contribution in [0.15, 0.2) is 36.4 Å². The lowest BCUT2D eigenvalue weighted by molar-refractivity contribution is 0.340. The van der Waals surface area contributed by atoms with Crippen LogP contribution in [0.3, 0.4) is 0 Å². The summed E-state index contributed by atoms with van der Waals surface area (Å²) in [5, 5.41) is 0. The van der Waals surface area contributed by atoms with E-state index in [-0.39, 0.29) is 0 Å². The topological polar surface area (TPSA) is 51.4 Å². The number of hydrogen-bond acceptors (Lipinski definition) is 4. The summed E-state index contributed by atoms with van der Waals surface area (Å²) in [6.07, 6.45) is 0. The summed E-state index contributed by atoms with van der Waals surface area (Å²) in [6.45, 7) is 5.32. The zero-order valence-electron chi connectivity index (χ0n) is 12.3. The van der Waals surface area contributed by atoms with Gasteiger partial charge in [-0.05, 0) is 32.0 Å². The number of aromatic nitrogens is 1. The van der Waals surface area contributed by atoms with Crippen molar-refractivity contribution in [2.75, 3.05) is 24.3 Å². The Morgan fingerprint density at radius 1 is 1.25 bits per heavy atom. The highest BCUT2D eigenvalue weighted by Crippen LogP contribution is 2.25. The smallest absolute Gasteiger partial charge is 0.123 e. The Kier molecular flexibility index (Phi) is 4.45. The van der Waals surface area contributed by atoms with Crippen LogP contribution >= 0.6 is 0 Å². The van der Waals surface area contributed by atoms with Gasteiger partial charge in [0.15, 0.2) is 0 Å². The minimum absolute atomic E-state index is 0.631. The van der Waals surface area contributed by atoms with Gasteiger partial charge in [-0.1, -0.05) is 6.07 Å². The molecule has 2 aromatic rings. The van der Waals surface area contributed by atoms with Crippen molar-refractivity contribution in [3.05, 3.63) is 47.8 Å². The van der Waals surface area contributed by atoms with Gasteiger partial charge in [-0.25, -0.2) is 0 Å². The quantitative estimate of drug-likeness (QED) is 0.849. The summed E-state index contributed by atoms with van der Waals surface area (Å²) in [5.41, 5.74) is 9.71. The van der Waals surface area contributed by atoms with E-state index < -0.39 is 0 Å². The predicted molar refractivity (Wildman–Crippen MR) is 83.1 cm³/mol. The fourth-order valence-electron chi connectivity index (χ4n) is 2.10. The maximum Gasteiger partial charge on any atom is 0.123 e. The minimum atomic E-state index is 0.631. The molecule has 1 heterocycles. The van der Waals surface area contributed by atoms with Crippen LogP contribution in [0.25, 0.3) is 0 Å². The van der Waals surface area contributed by atoms with E-state index in [1.54, 1.807) is 0 Å². The second-order valence-corrected chi connectivity index (χ2v) is 4.82. The van der Waals surface area contributed by atoms with E-state index in [4.69, 9.17) is 10.5 Å². The second-order valence-electron chi connectivity index (χ2n) is 4.82. The number of nitrogens with zero attached hydrogens (tertiary/aromatic N) is 2. The van der Waals surface area contributed by atoms with Gasteiger partial charge in [0.2, 0.25) is 0 Å². The Bertz CT molecular complexity index is 584. The summed E-state index contributed by atoms with van der Waals surface area (Å²) in [6, 6.07) is 11.8. The molecule has 0 atom stereocenters. The van der Waals surface area contributed by atoms with E-state index in [1.807, 2.05) is 57.3 Å². The molecule has 0 saturated carbocycles. The standard InChI is InChI=1S/C16H21N3O/c1-4-20-16-9-13(17)8-15(10-16)19(3)11-14-7-5-6-12(2)18-14/h5-10H,4,11,17H2,1-3H3. The van der Waals surface area contributed by atoms with Crippen LogP contribution in [0.5, 0.6) is 5.75 Å². The Morgan fingerprint density at radius 3 is 2.75 bits per heavy atom. The zero-order chi connectivity index (χ0) is 14.5. The number of aryl methyl sites for hydroxylation is 1. The molecule has 0 aliphatic rings. The molecule has 4 heteroatoms. The molecule has 106 valence electrons. The first-order chi connectivity index (χ1) is 9.58. The maximum atomic E-state index is 5.92. The van der Waals surface area contributed by atoms with Crippen molar-refractivity contribution in [1.29, 1.82) is 0 Å². The van der Waals surface area contributed by atoms with Crippen LogP contribution in [0, 0.1) is 6.92 Å². The Morgan fingerprint density at radius 2 is 2.05 bits per heavy atom. The third kappa shape index (κ3) is 3.63. The van der Waals surface area contributed by atoms with E-state index >= 15 is 0 Å². The molecule has 0 aliphatic carbocycles. The lowest BCUT2D eigenvalue weighted by Gasteiger charge is -2.20. The maximum absolute atomic E-state index is 5.92. The predicted octanol–water partition coefficient (Wildman–Crippen LogP) is 3.01. The van der Waals surface area contributed by atoms with Crippen LogP contribution in [0.2, 0.25) is 0 Å². The fourth-order valence-corrected chi connectivity index (χ4v) is 2.10. The molecular weight excluding hydrogens is 250 g/mol. The molecule has 2 N–H and O–H groups in total.